The van der Waals surface area contributed by atoms with E-state index >= 15 is 0 Å². The third kappa shape index (κ3) is 6.01. The van der Waals surface area contributed by atoms with E-state index in [4.69, 9.17) is 9.72 Å². The van der Waals surface area contributed by atoms with Crippen molar-refractivity contribution >= 4 is 11.6 Å². The number of hydrogen-bond acceptors (Lipinski definition) is 6. The van der Waals surface area contributed by atoms with Gasteiger partial charge in [-0.15, -0.1) is 0 Å². The molecule has 0 bridgehead atoms. The van der Waals surface area contributed by atoms with Gasteiger partial charge in [0.15, 0.2) is 0 Å². The number of carbonyl (C=O) groups is 1. The molecule has 0 N–H and O–H groups in total. The predicted molar refractivity (Wildman–Crippen MR) is 160 cm³/mol. The molecule has 0 aliphatic carbocycles. The van der Waals surface area contributed by atoms with E-state index in [1.165, 1.54) is 13.0 Å². The van der Waals surface area contributed by atoms with Crippen LogP contribution in [-0.2, 0) is 30.7 Å². The van der Waals surface area contributed by atoms with E-state index in [0.717, 1.165) is 12.1 Å². The highest BCUT2D eigenvalue weighted by Crippen LogP contribution is 2.27. The molecule has 0 fully saturated rings. The number of nitrogens with zero attached hydrogens (tertiary/aromatic N) is 5. The maximum absolute atomic E-state index is 14.9. The van der Waals surface area contributed by atoms with Crippen LogP contribution in [0.5, 0.6) is 5.75 Å². The van der Waals surface area contributed by atoms with Crippen molar-refractivity contribution < 1.29 is 13.9 Å². The van der Waals surface area contributed by atoms with Crippen LogP contribution < -0.4 is 10.3 Å². The van der Waals surface area contributed by atoms with E-state index in [1.807, 2.05) is 61.0 Å². The average molecular weight is 568 g/mol. The van der Waals surface area contributed by atoms with E-state index < -0.39 is 0 Å². The molecule has 0 amide bonds. The second kappa shape index (κ2) is 12.5. The molecule has 0 aliphatic heterocycles. The Morgan fingerprint density at radius 1 is 1.07 bits per heavy atom. The van der Waals surface area contributed by atoms with Crippen LogP contribution in [0.25, 0.3) is 16.9 Å². The van der Waals surface area contributed by atoms with Crippen molar-refractivity contribution in [1.82, 2.24) is 23.8 Å². The number of halogens is 1. The molecule has 0 unspecified atom stereocenters. The van der Waals surface area contributed by atoms with Gasteiger partial charge in [-0.2, -0.15) is 0 Å². The Hall–Kier alpha value is -4.63. The van der Waals surface area contributed by atoms with E-state index in [1.54, 1.807) is 35.9 Å². The van der Waals surface area contributed by atoms with Gasteiger partial charge >= 0.3 is 0 Å². The Labute approximate surface area is 244 Å². The van der Waals surface area contributed by atoms with E-state index in [0.29, 0.717) is 58.4 Å². The number of ketones is 1. The summed E-state index contributed by atoms with van der Waals surface area (Å²) >= 11 is 0. The summed E-state index contributed by atoms with van der Waals surface area (Å²) in [5.74, 6) is 0.580. The van der Waals surface area contributed by atoms with Crippen molar-refractivity contribution in [3.63, 3.8) is 0 Å². The zero-order valence-corrected chi connectivity index (χ0v) is 24.3. The molecule has 42 heavy (non-hydrogen) atoms. The molecule has 2 aromatic carbocycles. The first-order valence-electron chi connectivity index (χ1n) is 13.9. The molecule has 0 saturated carbocycles. The molecule has 216 valence electrons. The van der Waals surface area contributed by atoms with Gasteiger partial charge in [-0.05, 0) is 56.8 Å². The predicted octanol–water partition coefficient (Wildman–Crippen LogP) is 4.87. The fraction of sp³-hybridized carbons (Fsp3) is 0.273. The highest BCUT2D eigenvalue weighted by atomic mass is 19.1. The monoisotopic (exact) mass is 567 g/mol. The number of rotatable bonds is 11. The summed E-state index contributed by atoms with van der Waals surface area (Å²) in [4.78, 5) is 38.1. The largest absolute Gasteiger partial charge is 0.497 e. The molecule has 0 spiro atoms. The molecule has 8 nitrogen and oxygen atoms in total. The van der Waals surface area contributed by atoms with Crippen molar-refractivity contribution in [1.29, 1.82) is 0 Å². The summed E-state index contributed by atoms with van der Waals surface area (Å²) in [6.45, 7) is 4.57. The molecule has 0 atom stereocenters. The Balaban J connectivity index is 1.70. The van der Waals surface area contributed by atoms with Gasteiger partial charge in [-0.25, -0.2) is 13.8 Å². The standard InChI is InChI=1S/C33H34FN5O3/c1-22(40)18-29-30(21-37(3)17-15-26-12-7-8-16-35-26)39-32(41)31(24-11-9-13-27(19-24)42-4)23(2)38(33(39)36-29)20-25-10-5-6-14-28(25)34/h5-14,16,19H,15,17-18,20-21H2,1-4H3. The zero-order chi connectivity index (χ0) is 29.8. The Morgan fingerprint density at radius 3 is 2.57 bits per heavy atom. The number of Topliss-reactive ketones (excluding diaryl/α,β-unsaturated/α-hetero) is 1. The minimum atomic E-state index is -0.346. The van der Waals surface area contributed by atoms with Gasteiger partial charge in [-0.1, -0.05) is 36.4 Å². The van der Waals surface area contributed by atoms with Gasteiger partial charge in [0, 0.05) is 42.7 Å². The van der Waals surface area contributed by atoms with Gasteiger partial charge in [0.1, 0.15) is 17.3 Å². The summed E-state index contributed by atoms with van der Waals surface area (Å²) < 4.78 is 23.8. The average Bonchev–Trinajstić information content (AvgIpc) is 3.32. The third-order valence-electron chi connectivity index (χ3n) is 7.42. The van der Waals surface area contributed by atoms with Crippen LogP contribution in [0.2, 0.25) is 0 Å². The first kappa shape index (κ1) is 28.9. The molecular formula is C33H34FN5O3. The number of benzene rings is 2. The molecule has 3 aromatic heterocycles. The first-order valence-corrected chi connectivity index (χ1v) is 13.9. The van der Waals surface area contributed by atoms with E-state index in [-0.39, 0.29) is 30.1 Å². The zero-order valence-electron chi connectivity index (χ0n) is 24.3. The van der Waals surface area contributed by atoms with Crippen LogP contribution in [0.15, 0.2) is 77.7 Å². The number of imidazole rings is 1. The van der Waals surface area contributed by atoms with Crippen LogP contribution in [0.1, 0.15) is 35.3 Å². The molecule has 9 heteroatoms. The molecule has 3 heterocycles. The molecular weight excluding hydrogens is 533 g/mol. The molecule has 0 saturated heterocycles. The summed E-state index contributed by atoms with van der Waals surface area (Å²) in [5.41, 5.74) is 4.13. The van der Waals surface area contributed by atoms with Gasteiger partial charge in [0.05, 0.1) is 37.0 Å². The minimum Gasteiger partial charge on any atom is -0.497 e. The van der Waals surface area contributed by atoms with Crippen molar-refractivity contribution in [2.24, 2.45) is 0 Å². The number of carbonyl (C=O) groups excluding carboxylic acids is 1. The first-order chi connectivity index (χ1) is 20.3. The maximum Gasteiger partial charge on any atom is 0.267 e. The number of methoxy groups -OCH3 is 1. The van der Waals surface area contributed by atoms with Crippen molar-refractivity contribution in [3.05, 3.63) is 117 Å². The summed E-state index contributed by atoms with van der Waals surface area (Å²) in [6, 6.07) is 19.7. The summed E-state index contributed by atoms with van der Waals surface area (Å²) in [6.07, 6.45) is 2.57. The Kier molecular flexibility index (Phi) is 8.59. The number of hydrogen-bond donors (Lipinski definition) is 0. The Bertz CT molecular complexity index is 1800. The van der Waals surface area contributed by atoms with Crippen LogP contribution in [-0.4, -0.2) is 50.3 Å². The second-order valence-electron chi connectivity index (χ2n) is 10.5. The third-order valence-corrected chi connectivity index (χ3v) is 7.42. The van der Waals surface area contributed by atoms with Gasteiger partial charge in [0.2, 0.25) is 5.78 Å². The highest BCUT2D eigenvalue weighted by Gasteiger charge is 2.24. The summed E-state index contributed by atoms with van der Waals surface area (Å²) in [5, 5.41) is 0. The lowest BCUT2D eigenvalue weighted by Crippen LogP contribution is -2.28. The van der Waals surface area contributed by atoms with Crippen molar-refractivity contribution in [2.45, 2.75) is 39.8 Å². The number of fused-ring (bicyclic) bond motifs is 1. The quantitative estimate of drug-likeness (QED) is 0.227. The summed E-state index contributed by atoms with van der Waals surface area (Å²) in [7, 11) is 3.54. The SMILES string of the molecule is COc1cccc(-c2c(C)n(Cc3ccccc3F)c3nc(CC(C)=O)c(CN(C)CCc4ccccn4)n3c2=O)c1. The smallest absolute Gasteiger partial charge is 0.267 e. The minimum absolute atomic E-state index is 0.0614. The molecule has 0 aliphatic rings. The van der Waals surface area contributed by atoms with Crippen LogP contribution in [0.4, 0.5) is 4.39 Å². The molecule has 5 aromatic rings. The van der Waals surface area contributed by atoms with E-state index in [2.05, 4.69) is 9.88 Å². The van der Waals surface area contributed by atoms with Crippen molar-refractivity contribution in [3.8, 4) is 16.9 Å². The van der Waals surface area contributed by atoms with Gasteiger partial charge in [-0.3, -0.25) is 14.6 Å². The van der Waals surface area contributed by atoms with Gasteiger partial charge < -0.3 is 14.2 Å². The normalized spacial score (nSPS) is 11.4. The fourth-order valence-corrected chi connectivity index (χ4v) is 5.25. The second-order valence-corrected chi connectivity index (χ2v) is 10.5. The lowest BCUT2D eigenvalue weighted by Gasteiger charge is -2.20. The van der Waals surface area contributed by atoms with Crippen molar-refractivity contribution in [2.75, 3.05) is 20.7 Å². The molecule has 0 radical (unpaired) electrons. The lowest BCUT2D eigenvalue weighted by atomic mass is 10.0. The van der Waals surface area contributed by atoms with Crippen LogP contribution in [0, 0.1) is 12.7 Å². The number of likely N-dealkylation sites (N-methyl/N-ethyl adjacent to an activating group) is 1. The lowest BCUT2D eigenvalue weighted by molar-refractivity contribution is -0.116. The maximum atomic E-state index is 14.9. The highest BCUT2D eigenvalue weighted by molar-refractivity contribution is 5.78. The Morgan fingerprint density at radius 2 is 1.86 bits per heavy atom. The van der Waals surface area contributed by atoms with E-state index in [9.17, 15) is 14.0 Å². The topological polar surface area (TPSA) is 81.7 Å². The molecule has 5 rings (SSSR count). The fourth-order valence-electron chi connectivity index (χ4n) is 5.25. The van der Waals surface area contributed by atoms with Crippen LogP contribution in [0.3, 0.4) is 0 Å². The van der Waals surface area contributed by atoms with Crippen LogP contribution >= 0.6 is 0 Å². The number of ether oxygens (including phenoxy) is 1. The number of pyridine rings is 1. The van der Waals surface area contributed by atoms with Gasteiger partial charge in [0.25, 0.3) is 5.56 Å². The number of aromatic nitrogens is 4.